The summed E-state index contributed by atoms with van der Waals surface area (Å²) in [7, 11) is 1.66. The zero-order chi connectivity index (χ0) is 13.4. The van der Waals surface area contributed by atoms with Crippen LogP contribution in [0.5, 0.6) is 5.75 Å². The third-order valence-electron chi connectivity index (χ3n) is 3.31. The predicted molar refractivity (Wildman–Crippen MR) is 75.7 cm³/mol. The number of methoxy groups -OCH3 is 1. The van der Waals surface area contributed by atoms with Gasteiger partial charge in [-0.3, -0.25) is 0 Å². The van der Waals surface area contributed by atoms with E-state index in [4.69, 9.17) is 16.3 Å². The van der Waals surface area contributed by atoms with E-state index in [0.29, 0.717) is 16.9 Å². The highest BCUT2D eigenvalue weighted by Crippen LogP contribution is 2.40. The summed E-state index contributed by atoms with van der Waals surface area (Å²) in [5.74, 6) is 1.98. The van der Waals surface area contributed by atoms with E-state index in [0.717, 1.165) is 22.6 Å². The van der Waals surface area contributed by atoms with E-state index in [1.54, 1.807) is 7.11 Å². The van der Waals surface area contributed by atoms with Crippen molar-refractivity contribution in [3.8, 4) is 17.1 Å². The van der Waals surface area contributed by atoms with Gasteiger partial charge < -0.3 is 4.74 Å². The summed E-state index contributed by atoms with van der Waals surface area (Å²) in [5, 5.41) is 0.495. The number of rotatable bonds is 3. The lowest BCUT2D eigenvalue weighted by molar-refractivity contribution is 0.416. The van der Waals surface area contributed by atoms with Crippen LogP contribution < -0.4 is 4.74 Å². The van der Waals surface area contributed by atoms with Crippen LogP contribution in [0.1, 0.15) is 30.0 Å². The Kier molecular flexibility index (Phi) is 3.15. The van der Waals surface area contributed by atoms with Crippen molar-refractivity contribution in [1.29, 1.82) is 0 Å². The highest BCUT2D eigenvalue weighted by molar-refractivity contribution is 6.29. The number of hydrogen-bond donors (Lipinski definition) is 0. The highest BCUT2D eigenvalue weighted by Gasteiger charge is 2.26. The average molecular weight is 275 g/mol. The van der Waals surface area contributed by atoms with Gasteiger partial charge in [0.2, 0.25) is 0 Å². The van der Waals surface area contributed by atoms with Crippen LogP contribution in [0.15, 0.2) is 24.3 Å². The zero-order valence-electron chi connectivity index (χ0n) is 11.0. The normalized spacial score (nSPS) is 14.5. The molecule has 4 heteroatoms. The van der Waals surface area contributed by atoms with Crippen LogP contribution in [0.4, 0.5) is 0 Å². The van der Waals surface area contributed by atoms with Gasteiger partial charge >= 0.3 is 0 Å². The second-order valence-electron chi connectivity index (χ2n) is 4.92. The van der Waals surface area contributed by atoms with E-state index in [1.807, 2.05) is 31.2 Å². The van der Waals surface area contributed by atoms with Gasteiger partial charge in [0.25, 0.3) is 0 Å². The van der Waals surface area contributed by atoms with Crippen LogP contribution >= 0.6 is 11.6 Å². The summed E-state index contributed by atoms with van der Waals surface area (Å²) in [6.07, 6.45) is 2.38. The Hall–Kier alpha value is -1.61. The van der Waals surface area contributed by atoms with Crippen molar-refractivity contribution in [3.63, 3.8) is 0 Å². The molecule has 1 aliphatic rings. The molecule has 3 nitrogen and oxygen atoms in total. The highest BCUT2D eigenvalue weighted by atomic mass is 35.5. The molecule has 1 aromatic carbocycles. The number of benzene rings is 1. The topological polar surface area (TPSA) is 35.0 Å². The monoisotopic (exact) mass is 274 g/mol. The molecule has 1 saturated carbocycles. The fraction of sp³-hybridized carbons (Fsp3) is 0.333. The first-order valence-corrected chi connectivity index (χ1v) is 6.74. The Morgan fingerprint density at radius 3 is 2.68 bits per heavy atom. The van der Waals surface area contributed by atoms with E-state index >= 15 is 0 Å². The third-order valence-corrected chi connectivity index (χ3v) is 3.50. The standard InChI is InChI=1S/C15H15ClN2O/c1-9-3-6-11(13(7-9)19-2)15-17-12(10-4-5-10)8-14(16)18-15/h3,6-8,10H,4-5H2,1-2H3. The lowest BCUT2D eigenvalue weighted by atomic mass is 10.1. The van der Waals surface area contributed by atoms with Gasteiger partial charge in [-0.15, -0.1) is 0 Å². The minimum Gasteiger partial charge on any atom is -0.496 e. The number of aryl methyl sites for hydroxylation is 1. The van der Waals surface area contributed by atoms with Gasteiger partial charge in [-0.05, 0) is 43.5 Å². The fourth-order valence-corrected chi connectivity index (χ4v) is 2.32. The number of ether oxygens (including phenoxy) is 1. The van der Waals surface area contributed by atoms with Crippen molar-refractivity contribution < 1.29 is 4.74 Å². The summed E-state index contributed by atoms with van der Waals surface area (Å²) >= 11 is 6.11. The van der Waals surface area contributed by atoms with Crippen LogP contribution in [-0.4, -0.2) is 17.1 Å². The third kappa shape index (κ3) is 2.56. The minimum absolute atomic E-state index is 0.495. The molecule has 19 heavy (non-hydrogen) atoms. The van der Waals surface area contributed by atoms with Gasteiger partial charge in [0, 0.05) is 11.6 Å². The summed E-state index contributed by atoms with van der Waals surface area (Å²) in [6, 6.07) is 7.86. The van der Waals surface area contributed by atoms with Crippen molar-refractivity contribution >= 4 is 11.6 Å². The molecular weight excluding hydrogens is 260 g/mol. The summed E-state index contributed by atoms with van der Waals surface area (Å²) < 4.78 is 5.41. The second kappa shape index (κ2) is 4.82. The first-order valence-electron chi connectivity index (χ1n) is 6.37. The molecule has 0 atom stereocenters. The quantitative estimate of drug-likeness (QED) is 0.794. The molecule has 98 valence electrons. The molecule has 0 radical (unpaired) electrons. The zero-order valence-corrected chi connectivity index (χ0v) is 11.7. The molecule has 0 amide bonds. The lowest BCUT2D eigenvalue weighted by Crippen LogP contribution is -1.97. The van der Waals surface area contributed by atoms with Gasteiger partial charge in [0.15, 0.2) is 5.82 Å². The second-order valence-corrected chi connectivity index (χ2v) is 5.30. The van der Waals surface area contributed by atoms with Crippen molar-refractivity contribution in [1.82, 2.24) is 9.97 Å². The molecule has 0 aliphatic heterocycles. The summed E-state index contributed by atoms with van der Waals surface area (Å²) in [6.45, 7) is 2.03. The van der Waals surface area contributed by atoms with Gasteiger partial charge in [0.05, 0.1) is 12.7 Å². The van der Waals surface area contributed by atoms with E-state index in [9.17, 15) is 0 Å². The molecule has 2 aromatic rings. The molecule has 0 N–H and O–H groups in total. The Morgan fingerprint density at radius 2 is 2.00 bits per heavy atom. The molecule has 1 heterocycles. The van der Waals surface area contributed by atoms with Crippen LogP contribution in [0.25, 0.3) is 11.4 Å². The molecule has 0 spiro atoms. The van der Waals surface area contributed by atoms with Crippen LogP contribution in [0.2, 0.25) is 5.15 Å². The number of halogens is 1. The summed E-state index contributed by atoms with van der Waals surface area (Å²) in [4.78, 5) is 8.96. The first kappa shape index (κ1) is 12.4. The Labute approximate surface area is 117 Å². The SMILES string of the molecule is COc1cc(C)ccc1-c1nc(Cl)cc(C2CC2)n1. The van der Waals surface area contributed by atoms with Crippen molar-refractivity contribution in [2.24, 2.45) is 0 Å². The molecule has 1 fully saturated rings. The molecule has 1 aliphatic carbocycles. The van der Waals surface area contributed by atoms with E-state index in [1.165, 1.54) is 12.8 Å². The van der Waals surface area contributed by atoms with Gasteiger partial charge in [0.1, 0.15) is 10.9 Å². The van der Waals surface area contributed by atoms with Crippen LogP contribution in [0, 0.1) is 6.92 Å². The van der Waals surface area contributed by atoms with Crippen molar-refractivity contribution in [2.45, 2.75) is 25.7 Å². The van der Waals surface area contributed by atoms with E-state index in [-0.39, 0.29) is 0 Å². The van der Waals surface area contributed by atoms with Crippen LogP contribution in [0.3, 0.4) is 0 Å². The lowest BCUT2D eigenvalue weighted by Gasteiger charge is -2.09. The fourth-order valence-electron chi connectivity index (χ4n) is 2.13. The Balaban J connectivity index is 2.10. The van der Waals surface area contributed by atoms with Crippen molar-refractivity contribution in [3.05, 3.63) is 40.7 Å². The van der Waals surface area contributed by atoms with Crippen LogP contribution in [-0.2, 0) is 0 Å². The summed E-state index contributed by atoms with van der Waals surface area (Å²) in [5.41, 5.74) is 3.07. The Bertz CT molecular complexity index is 624. The maximum Gasteiger partial charge on any atom is 0.164 e. The first-order chi connectivity index (χ1) is 9.17. The average Bonchev–Trinajstić information content (AvgIpc) is 3.22. The molecule has 0 unspecified atom stereocenters. The number of nitrogens with zero attached hydrogens (tertiary/aromatic N) is 2. The largest absolute Gasteiger partial charge is 0.496 e. The molecule has 1 aromatic heterocycles. The Morgan fingerprint density at radius 1 is 1.21 bits per heavy atom. The predicted octanol–water partition coefficient (Wildman–Crippen LogP) is 3.99. The number of aromatic nitrogens is 2. The van der Waals surface area contributed by atoms with Gasteiger partial charge in [-0.25, -0.2) is 9.97 Å². The van der Waals surface area contributed by atoms with Gasteiger partial charge in [-0.1, -0.05) is 17.7 Å². The smallest absolute Gasteiger partial charge is 0.164 e. The van der Waals surface area contributed by atoms with Gasteiger partial charge in [-0.2, -0.15) is 0 Å². The van der Waals surface area contributed by atoms with E-state index < -0.39 is 0 Å². The molecular formula is C15H15ClN2O. The molecule has 3 rings (SSSR count). The molecule has 0 bridgehead atoms. The minimum atomic E-state index is 0.495. The molecule has 0 saturated heterocycles. The number of hydrogen-bond acceptors (Lipinski definition) is 3. The maximum absolute atomic E-state index is 6.11. The maximum atomic E-state index is 6.11. The van der Waals surface area contributed by atoms with Crippen molar-refractivity contribution in [2.75, 3.05) is 7.11 Å². The van der Waals surface area contributed by atoms with E-state index in [2.05, 4.69) is 9.97 Å².